The molecule has 0 aliphatic carbocycles. The van der Waals surface area contributed by atoms with Crippen LogP contribution < -0.4 is 14.8 Å². The summed E-state index contributed by atoms with van der Waals surface area (Å²) in [6.45, 7) is 6.48. The number of ether oxygens (including phenoxy) is 3. The van der Waals surface area contributed by atoms with Crippen LogP contribution in [0.4, 0.5) is 0 Å². The zero-order valence-electron chi connectivity index (χ0n) is 18.8. The van der Waals surface area contributed by atoms with Crippen LogP contribution in [0.1, 0.15) is 12.0 Å². The normalized spacial score (nSPS) is 20.2. The molecule has 1 N–H and O–H groups in total. The molecule has 9 nitrogen and oxygen atoms in total. The van der Waals surface area contributed by atoms with E-state index in [-0.39, 0.29) is 18.2 Å². The van der Waals surface area contributed by atoms with Gasteiger partial charge in [-0.25, -0.2) is 0 Å². The number of likely N-dealkylation sites (N-methyl/N-ethyl adjacent to an activating group) is 1. The summed E-state index contributed by atoms with van der Waals surface area (Å²) in [7, 11) is 5.03. The van der Waals surface area contributed by atoms with E-state index in [0.29, 0.717) is 37.7 Å². The average molecular weight is 435 g/mol. The monoisotopic (exact) mass is 434 g/mol. The van der Waals surface area contributed by atoms with Gasteiger partial charge in [0.15, 0.2) is 0 Å². The Morgan fingerprint density at radius 3 is 2.71 bits per heavy atom. The number of nitrogens with one attached hydrogen (secondary N) is 1. The van der Waals surface area contributed by atoms with Gasteiger partial charge in [0.1, 0.15) is 11.5 Å². The van der Waals surface area contributed by atoms with E-state index in [1.54, 1.807) is 26.2 Å². The van der Waals surface area contributed by atoms with Crippen LogP contribution in [0.3, 0.4) is 0 Å². The Morgan fingerprint density at radius 1 is 1.23 bits per heavy atom. The summed E-state index contributed by atoms with van der Waals surface area (Å²) in [4.78, 5) is 31.6. The molecule has 2 amide bonds. The van der Waals surface area contributed by atoms with E-state index in [4.69, 9.17) is 14.2 Å². The van der Waals surface area contributed by atoms with Gasteiger partial charge in [-0.05, 0) is 6.07 Å². The third-order valence-corrected chi connectivity index (χ3v) is 5.96. The molecule has 2 heterocycles. The second-order valence-electron chi connectivity index (χ2n) is 7.93. The third kappa shape index (κ3) is 6.32. The third-order valence-electron chi connectivity index (χ3n) is 5.96. The second-order valence-corrected chi connectivity index (χ2v) is 7.93. The van der Waals surface area contributed by atoms with Crippen LogP contribution in [0, 0.1) is 0 Å². The molecule has 1 aromatic carbocycles. The molecule has 1 atom stereocenters. The Balaban J connectivity index is 1.61. The average Bonchev–Trinajstić information content (AvgIpc) is 2.80. The van der Waals surface area contributed by atoms with E-state index in [1.807, 2.05) is 18.2 Å². The molecule has 172 valence electrons. The fourth-order valence-electron chi connectivity index (χ4n) is 3.94. The van der Waals surface area contributed by atoms with Crippen molar-refractivity contribution in [1.82, 2.24) is 20.0 Å². The summed E-state index contributed by atoms with van der Waals surface area (Å²) in [6.07, 6.45) is 0.157. The summed E-state index contributed by atoms with van der Waals surface area (Å²) in [5.41, 5.74) is 0.955. The number of methoxy groups -OCH3 is 2. The molecule has 0 bridgehead atoms. The van der Waals surface area contributed by atoms with Crippen molar-refractivity contribution in [3.05, 3.63) is 23.8 Å². The zero-order valence-corrected chi connectivity index (χ0v) is 18.8. The minimum absolute atomic E-state index is 0.0259. The van der Waals surface area contributed by atoms with E-state index < -0.39 is 6.04 Å². The molecule has 2 saturated heterocycles. The van der Waals surface area contributed by atoms with Crippen molar-refractivity contribution < 1.29 is 23.8 Å². The summed E-state index contributed by atoms with van der Waals surface area (Å²) in [5, 5.41) is 2.90. The number of morpholine rings is 1. The van der Waals surface area contributed by atoms with Gasteiger partial charge in [-0.2, -0.15) is 0 Å². The predicted octanol–water partition coefficient (Wildman–Crippen LogP) is 0.185. The van der Waals surface area contributed by atoms with Crippen molar-refractivity contribution in [3.63, 3.8) is 0 Å². The molecule has 0 radical (unpaired) electrons. The van der Waals surface area contributed by atoms with Crippen molar-refractivity contribution in [2.24, 2.45) is 0 Å². The predicted molar refractivity (Wildman–Crippen MR) is 116 cm³/mol. The smallest absolute Gasteiger partial charge is 0.237 e. The Kier molecular flexibility index (Phi) is 8.51. The molecule has 0 spiro atoms. The number of amides is 2. The first-order chi connectivity index (χ1) is 15.0. The van der Waals surface area contributed by atoms with Crippen LogP contribution in [0.2, 0.25) is 0 Å². The fourth-order valence-corrected chi connectivity index (χ4v) is 3.94. The lowest BCUT2D eigenvalue weighted by atomic mass is 10.1. The number of piperazine rings is 1. The molecule has 2 aliphatic heterocycles. The maximum absolute atomic E-state index is 12.9. The molecule has 2 fully saturated rings. The number of hydrogen-bond acceptors (Lipinski definition) is 7. The molecule has 31 heavy (non-hydrogen) atoms. The van der Waals surface area contributed by atoms with Crippen molar-refractivity contribution in [2.45, 2.75) is 19.0 Å². The molecule has 0 aromatic heterocycles. The molecule has 1 aromatic rings. The Bertz CT molecular complexity index is 753. The van der Waals surface area contributed by atoms with Gasteiger partial charge in [0, 0.05) is 64.5 Å². The van der Waals surface area contributed by atoms with Crippen LogP contribution in [0.25, 0.3) is 0 Å². The number of nitrogens with zero attached hydrogens (tertiary/aromatic N) is 3. The second kappa shape index (κ2) is 11.3. The molecular formula is C22H34N4O5. The summed E-state index contributed by atoms with van der Waals surface area (Å²) in [6, 6.07) is 5.15. The number of carbonyl (C=O) groups excluding carboxylic acids is 2. The lowest BCUT2D eigenvalue weighted by Gasteiger charge is -2.36. The lowest BCUT2D eigenvalue weighted by Crippen LogP contribution is -2.56. The van der Waals surface area contributed by atoms with Crippen LogP contribution in [-0.2, 0) is 20.9 Å². The van der Waals surface area contributed by atoms with E-state index in [1.165, 1.54) is 0 Å². The molecule has 0 saturated carbocycles. The highest BCUT2D eigenvalue weighted by atomic mass is 16.5. The standard InChI is InChI=1S/C22H34N4O5/c1-24(8-9-25-10-12-31-13-11-25)21(27)15-19-22(28)23-6-7-26(19)16-17-4-5-18(29-2)14-20(17)30-3/h4-5,14,19H,6-13,15-16H2,1-3H3,(H,23,28)/t19-/m0/s1. The highest BCUT2D eigenvalue weighted by Gasteiger charge is 2.33. The minimum atomic E-state index is -0.501. The maximum Gasteiger partial charge on any atom is 0.237 e. The van der Waals surface area contributed by atoms with Crippen LogP contribution in [0.5, 0.6) is 11.5 Å². The van der Waals surface area contributed by atoms with Gasteiger partial charge >= 0.3 is 0 Å². The van der Waals surface area contributed by atoms with Gasteiger partial charge in [-0.3, -0.25) is 19.4 Å². The molecule has 3 rings (SSSR count). The van der Waals surface area contributed by atoms with Crippen LogP contribution in [-0.4, -0.2) is 106 Å². The maximum atomic E-state index is 12.9. The lowest BCUT2D eigenvalue weighted by molar-refractivity contribution is -0.138. The summed E-state index contributed by atoms with van der Waals surface area (Å²) >= 11 is 0. The van der Waals surface area contributed by atoms with Crippen LogP contribution >= 0.6 is 0 Å². The van der Waals surface area contributed by atoms with Crippen molar-refractivity contribution >= 4 is 11.8 Å². The van der Waals surface area contributed by atoms with Crippen molar-refractivity contribution in [1.29, 1.82) is 0 Å². The first kappa shape index (κ1) is 23.3. The van der Waals surface area contributed by atoms with Crippen molar-refractivity contribution in [3.8, 4) is 11.5 Å². The molecule has 2 aliphatic rings. The minimum Gasteiger partial charge on any atom is -0.497 e. The first-order valence-corrected chi connectivity index (χ1v) is 10.8. The number of hydrogen-bond donors (Lipinski definition) is 1. The van der Waals surface area contributed by atoms with E-state index in [2.05, 4.69) is 15.1 Å². The number of rotatable bonds is 9. The quantitative estimate of drug-likeness (QED) is 0.594. The van der Waals surface area contributed by atoms with Gasteiger partial charge < -0.3 is 24.4 Å². The Labute approximate surface area is 184 Å². The zero-order chi connectivity index (χ0) is 22.2. The summed E-state index contributed by atoms with van der Waals surface area (Å²) in [5.74, 6) is 1.29. The number of carbonyl (C=O) groups is 2. The van der Waals surface area contributed by atoms with Gasteiger partial charge in [-0.15, -0.1) is 0 Å². The molecule has 9 heteroatoms. The van der Waals surface area contributed by atoms with E-state index in [0.717, 1.165) is 38.4 Å². The summed E-state index contributed by atoms with van der Waals surface area (Å²) < 4.78 is 16.1. The van der Waals surface area contributed by atoms with Gasteiger partial charge in [0.05, 0.1) is 39.9 Å². The number of benzene rings is 1. The fraction of sp³-hybridized carbons (Fsp3) is 0.636. The van der Waals surface area contributed by atoms with Crippen molar-refractivity contribution in [2.75, 3.05) is 73.7 Å². The van der Waals surface area contributed by atoms with Gasteiger partial charge in [0.25, 0.3) is 0 Å². The van der Waals surface area contributed by atoms with E-state index >= 15 is 0 Å². The highest BCUT2D eigenvalue weighted by Crippen LogP contribution is 2.27. The SMILES string of the molecule is COc1ccc(CN2CCNC(=O)[C@@H]2CC(=O)N(C)CCN2CCOCC2)c(OC)c1. The Hall–Kier alpha value is -2.36. The van der Waals surface area contributed by atoms with E-state index in [9.17, 15) is 9.59 Å². The first-order valence-electron chi connectivity index (χ1n) is 10.8. The highest BCUT2D eigenvalue weighted by molar-refractivity contribution is 5.88. The van der Waals surface area contributed by atoms with Gasteiger partial charge in [0.2, 0.25) is 11.8 Å². The van der Waals surface area contributed by atoms with Gasteiger partial charge in [-0.1, -0.05) is 6.07 Å². The molecular weight excluding hydrogens is 400 g/mol. The largest absolute Gasteiger partial charge is 0.497 e. The Morgan fingerprint density at radius 2 is 2.00 bits per heavy atom. The topological polar surface area (TPSA) is 83.6 Å². The molecule has 0 unspecified atom stereocenters. The van der Waals surface area contributed by atoms with Crippen LogP contribution in [0.15, 0.2) is 18.2 Å².